The molecule has 0 atom stereocenters. The van der Waals surface area contributed by atoms with E-state index in [-0.39, 0.29) is 5.75 Å². The molecule has 0 saturated carbocycles. The van der Waals surface area contributed by atoms with Gasteiger partial charge in [-0.1, -0.05) is 11.6 Å². The van der Waals surface area contributed by atoms with Crippen LogP contribution in [0.15, 0.2) is 23.4 Å². The maximum atomic E-state index is 10.9. The van der Waals surface area contributed by atoms with Gasteiger partial charge in [0.2, 0.25) is 0 Å². The third-order valence-electron chi connectivity index (χ3n) is 1.89. The van der Waals surface area contributed by atoms with Crippen LogP contribution in [0.1, 0.15) is 0 Å². The van der Waals surface area contributed by atoms with Gasteiger partial charge in [-0.3, -0.25) is 0 Å². The molecule has 0 amide bonds. The summed E-state index contributed by atoms with van der Waals surface area (Å²) in [5.41, 5.74) is 0. The zero-order valence-corrected chi connectivity index (χ0v) is 11.9. The first-order chi connectivity index (χ1) is 7.99. The Labute approximate surface area is 111 Å². The Bertz CT molecular complexity index is 451. The number of nitrogens with one attached hydrogen (secondary N) is 1. The molecule has 1 N–H and O–H groups in total. The van der Waals surface area contributed by atoms with Crippen LogP contribution in [0.5, 0.6) is 0 Å². The van der Waals surface area contributed by atoms with E-state index in [0.717, 1.165) is 17.3 Å². The number of hydrogen-bond acceptors (Lipinski definition) is 5. The molecule has 1 heterocycles. The molecule has 0 fully saturated rings. The van der Waals surface area contributed by atoms with E-state index in [0.29, 0.717) is 11.6 Å². The highest BCUT2D eigenvalue weighted by atomic mass is 35.5. The Morgan fingerprint density at radius 1 is 1.47 bits per heavy atom. The van der Waals surface area contributed by atoms with Crippen molar-refractivity contribution in [1.82, 2.24) is 10.3 Å². The van der Waals surface area contributed by atoms with Crippen LogP contribution in [-0.2, 0) is 9.84 Å². The second-order valence-electron chi connectivity index (χ2n) is 3.52. The summed E-state index contributed by atoms with van der Waals surface area (Å²) in [6.07, 6.45) is 2.93. The van der Waals surface area contributed by atoms with Crippen LogP contribution < -0.4 is 5.32 Å². The Morgan fingerprint density at radius 2 is 2.24 bits per heavy atom. The molecule has 4 nitrogen and oxygen atoms in total. The van der Waals surface area contributed by atoms with Gasteiger partial charge >= 0.3 is 0 Å². The molecule has 0 aliphatic rings. The highest BCUT2D eigenvalue weighted by molar-refractivity contribution is 7.99. The number of sulfone groups is 1. The molecule has 0 spiro atoms. The minimum absolute atomic E-state index is 0.169. The molecule has 7 heteroatoms. The van der Waals surface area contributed by atoms with Crippen molar-refractivity contribution in [2.24, 2.45) is 0 Å². The molecule has 0 radical (unpaired) electrons. The highest BCUT2D eigenvalue weighted by Gasteiger charge is 2.02. The molecule has 96 valence electrons. The standard InChI is InChI=1S/C10H15ClN2O2S2/c1-17(14,15)8-6-12-5-7-16-10-9(11)3-2-4-13-10/h2-4,12H,5-8H2,1H3. The molecule has 1 rings (SSSR count). The maximum Gasteiger partial charge on any atom is 0.148 e. The van der Waals surface area contributed by atoms with Gasteiger partial charge in [0.1, 0.15) is 14.9 Å². The first-order valence-corrected chi connectivity index (χ1v) is 8.53. The summed E-state index contributed by atoms with van der Waals surface area (Å²) >= 11 is 7.49. The lowest BCUT2D eigenvalue weighted by atomic mass is 10.5. The molecule has 0 saturated heterocycles. The molecular weight excluding hydrogens is 280 g/mol. The highest BCUT2D eigenvalue weighted by Crippen LogP contribution is 2.23. The lowest BCUT2D eigenvalue weighted by molar-refractivity contribution is 0.598. The molecule has 1 aromatic rings. The van der Waals surface area contributed by atoms with Crippen molar-refractivity contribution in [3.63, 3.8) is 0 Å². The van der Waals surface area contributed by atoms with Gasteiger partial charge in [-0.15, -0.1) is 11.8 Å². The normalized spacial score (nSPS) is 11.6. The van der Waals surface area contributed by atoms with E-state index in [2.05, 4.69) is 10.3 Å². The van der Waals surface area contributed by atoms with Crippen LogP contribution >= 0.6 is 23.4 Å². The van der Waals surface area contributed by atoms with Crippen molar-refractivity contribution in [1.29, 1.82) is 0 Å². The van der Waals surface area contributed by atoms with E-state index in [1.807, 2.05) is 0 Å². The van der Waals surface area contributed by atoms with Gasteiger partial charge in [-0.2, -0.15) is 0 Å². The molecule has 1 aromatic heterocycles. The van der Waals surface area contributed by atoms with Gasteiger partial charge in [-0.05, 0) is 12.1 Å². The van der Waals surface area contributed by atoms with Crippen LogP contribution in [0.2, 0.25) is 5.02 Å². The number of aromatic nitrogens is 1. The predicted molar refractivity (Wildman–Crippen MR) is 72.6 cm³/mol. The van der Waals surface area contributed by atoms with Gasteiger partial charge < -0.3 is 5.32 Å². The topological polar surface area (TPSA) is 59.1 Å². The number of nitrogens with zero attached hydrogens (tertiary/aromatic N) is 1. The molecule has 0 aromatic carbocycles. The average molecular weight is 295 g/mol. The Balaban J connectivity index is 2.15. The monoisotopic (exact) mass is 294 g/mol. The van der Waals surface area contributed by atoms with E-state index in [1.165, 1.54) is 6.26 Å². The fraction of sp³-hybridized carbons (Fsp3) is 0.500. The molecular formula is C10H15ClN2O2S2. The van der Waals surface area contributed by atoms with Crippen molar-refractivity contribution < 1.29 is 8.42 Å². The summed E-state index contributed by atoms with van der Waals surface area (Å²) in [5.74, 6) is 0.975. The maximum absolute atomic E-state index is 10.9. The molecule has 0 aliphatic carbocycles. The van der Waals surface area contributed by atoms with Crippen molar-refractivity contribution in [2.75, 3.05) is 30.9 Å². The minimum atomic E-state index is -2.87. The second kappa shape index (κ2) is 7.20. The van der Waals surface area contributed by atoms with E-state index in [1.54, 1.807) is 30.1 Å². The van der Waals surface area contributed by atoms with Crippen molar-refractivity contribution in [3.8, 4) is 0 Å². The van der Waals surface area contributed by atoms with Gasteiger partial charge in [0, 0.05) is 31.3 Å². The Morgan fingerprint density at radius 3 is 2.88 bits per heavy atom. The third-order valence-corrected chi connectivity index (χ3v) is 4.26. The molecule has 0 aliphatic heterocycles. The van der Waals surface area contributed by atoms with Crippen LogP contribution in [-0.4, -0.2) is 44.3 Å². The van der Waals surface area contributed by atoms with Gasteiger partial charge in [0.05, 0.1) is 10.8 Å². The number of halogens is 1. The van der Waals surface area contributed by atoms with E-state index >= 15 is 0 Å². The van der Waals surface area contributed by atoms with Crippen LogP contribution in [0.3, 0.4) is 0 Å². The summed E-state index contributed by atoms with van der Waals surface area (Å²) in [7, 11) is -2.87. The van der Waals surface area contributed by atoms with Crippen LogP contribution in [0, 0.1) is 0 Å². The van der Waals surface area contributed by atoms with E-state index in [9.17, 15) is 8.42 Å². The van der Waals surface area contributed by atoms with Crippen LogP contribution in [0.4, 0.5) is 0 Å². The van der Waals surface area contributed by atoms with E-state index < -0.39 is 9.84 Å². The molecule has 0 bridgehead atoms. The summed E-state index contributed by atoms with van der Waals surface area (Å²) in [6, 6.07) is 3.59. The van der Waals surface area contributed by atoms with Gasteiger partial charge in [0.15, 0.2) is 0 Å². The zero-order valence-electron chi connectivity index (χ0n) is 9.52. The van der Waals surface area contributed by atoms with Crippen molar-refractivity contribution in [3.05, 3.63) is 23.4 Å². The summed E-state index contributed by atoms with van der Waals surface area (Å²) in [4.78, 5) is 4.14. The fourth-order valence-electron chi connectivity index (χ4n) is 1.08. The van der Waals surface area contributed by atoms with Crippen molar-refractivity contribution >= 4 is 33.2 Å². The largest absolute Gasteiger partial charge is 0.315 e. The minimum Gasteiger partial charge on any atom is -0.315 e. The third kappa shape index (κ3) is 6.88. The van der Waals surface area contributed by atoms with Crippen LogP contribution in [0.25, 0.3) is 0 Å². The summed E-state index contributed by atoms with van der Waals surface area (Å²) in [5, 5.41) is 4.51. The summed E-state index contributed by atoms with van der Waals surface area (Å²) < 4.78 is 21.7. The van der Waals surface area contributed by atoms with Gasteiger partial charge in [-0.25, -0.2) is 13.4 Å². The smallest absolute Gasteiger partial charge is 0.148 e. The number of rotatable bonds is 7. The predicted octanol–water partition coefficient (Wildman–Crippen LogP) is 1.46. The second-order valence-corrected chi connectivity index (χ2v) is 7.27. The number of thioether (sulfide) groups is 1. The number of pyridine rings is 1. The lowest BCUT2D eigenvalue weighted by Gasteiger charge is -2.04. The molecule has 17 heavy (non-hydrogen) atoms. The zero-order chi connectivity index (χ0) is 12.7. The quantitative estimate of drug-likeness (QED) is 0.609. The Hall–Kier alpha value is -0.300. The first-order valence-electron chi connectivity index (χ1n) is 5.11. The van der Waals surface area contributed by atoms with Crippen molar-refractivity contribution in [2.45, 2.75) is 5.03 Å². The lowest BCUT2D eigenvalue weighted by Crippen LogP contribution is -2.24. The first kappa shape index (κ1) is 14.8. The summed E-state index contributed by atoms with van der Waals surface area (Å²) in [6.45, 7) is 1.21. The fourth-order valence-corrected chi connectivity index (χ4v) is 2.66. The van der Waals surface area contributed by atoms with E-state index in [4.69, 9.17) is 11.6 Å². The Kier molecular flexibility index (Phi) is 6.26. The molecule has 0 unspecified atom stereocenters. The average Bonchev–Trinajstić information content (AvgIpc) is 2.24. The number of hydrogen-bond donors (Lipinski definition) is 1. The SMILES string of the molecule is CS(=O)(=O)CCNCCSc1ncccc1Cl. The van der Waals surface area contributed by atoms with Gasteiger partial charge in [0.25, 0.3) is 0 Å².